The summed E-state index contributed by atoms with van der Waals surface area (Å²) in [5.41, 5.74) is 10.5. The number of hydrogen-bond donors (Lipinski definition) is 1. The number of aryl methyl sites for hydroxylation is 1. The maximum absolute atomic E-state index is 5.82. The summed E-state index contributed by atoms with van der Waals surface area (Å²) in [7, 11) is 1.67. The van der Waals surface area contributed by atoms with Crippen LogP contribution in [0.5, 0.6) is 5.75 Å². The summed E-state index contributed by atoms with van der Waals surface area (Å²) in [6, 6.07) is 5.94. The molecule has 2 N–H and O–H groups in total. The summed E-state index contributed by atoms with van der Waals surface area (Å²) in [5, 5.41) is 0.750. The summed E-state index contributed by atoms with van der Waals surface area (Å²) in [6.07, 6.45) is 0. The van der Waals surface area contributed by atoms with Crippen molar-refractivity contribution in [1.82, 2.24) is 4.98 Å². The van der Waals surface area contributed by atoms with Crippen molar-refractivity contribution in [2.45, 2.75) is 6.92 Å². The van der Waals surface area contributed by atoms with E-state index in [1.165, 1.54) is 11.3 Å². The molecular formula is C11H12N2OS. The Hall–Kier alpha value is -1.55. The number of nitrogens with zero attached hydrogens (tertiary/aromatic N) is 1. The van der Waals surface area contributed by atoms with Crippen LogP contribution in [0.2, 0.25) is 0 Å². The number of hydrogen-bond acceptors (Lipinski definition) is 4. The molecule has 78 valence electrons. The highest BCUT2D eigenvalue weighted by atomic mass is 32.1. The molecule has 0 aliphatic heterocycles. The minimum Gasteiger partial charge on any atom is -0.496 e. The van der Waals surface area contributed by atoms with E-state index >= 15 is 0 Å². The minimum absolute atomic E-state index is 0.750. The minimum atomic E-state index is 0.750. The molecule has 4 heteroatoms. The Labute approximate surface area is 92.5 Å². The predicted molar refractivity (Wildman–Crippen MR) is 63.3 cm³/mol. The van der Waals surface area contributed by atoms with Crippen molar-refractivity contribution in [1.29, 1.82) is 0 Å². The zero-order chi connectivity index (χ0) is 10.8. The number of methoxy groups -OCH3 is 1. The van der Waals surface area contributed by atoms with Gasteiger partial charge in [0.05, 0.1) is 12.6 Å². The fraction of sp³-hybridized carbons (Fsp3) is 0.182. The Morgan fingerprint density at radius 2 is 2.20 bits per heavy atom. The molecule has 2 aromatic rings. The predicted octanol–water partition coefficient (Wildman–Crippen LogP) is 2.71. The molecule has 0 saturated heterocycles. The van der Waals surface area contributed by atoms with Gasteiger partial charge in [-0.05, 0) is 30.7 Å². The largest absolute Gasteiger partial charge is 0.496 e. The highest BCUT2D eigenvalue weighted by Crippen LogP contribution is 2.30. The number of nitrogens with two attached hydrogens (primary N) is 1. The van der Waals surface area contributed by atoms with E-state index in [1.807, 2.05) is 25.1 Å². The Morgan fingerprint density at radius 1 is 1.40 bits per heavy atom. The summed E-state index contributed by atoms with van der Waals surface area (Å²) in [4.78, 5) is 4.24. The molecule has 0 saturated carbocycles. The summed E-state index contributed by atoms with van der Waals surface area (Å²) < 4.78 is 5.20. The highest BCUT2D eigenvalue weighted by Gasteiger charge is 2.07. The van der Waals surface area contributed by atoms with Gasteiger partial charge in [-0.3, -0.25) is 0 Å². The van der Waals surface area contributed by atoms with E-state index in [-0.39, 0.29) is 0 Å². The van der Waals surface area contributed by atoms with E-state index in [0.29, 0.717) is 0 Å². The average molecular weight is 220 g/mol. The SMILES string of the molecule is COc1ccc(-c2ncsc2N)cc1C. The van der Waals surface area contributed by atoms with Gasteiger partial charge in [-0.1, -0.05) is 0 Å². The normalized spacial score (nSPS) is 10.3. The first-order valence-electron chi connectivity index (χ1n) is 4.56. The number of thiazole rings is 1. The lowest BCUT2D eigenvalue weighted by Crippen LogP contribution is -1.89. The van der Waals surface area contributed by atoms with Gasteiger partial charge in [0.1, 0.15) is 16.4 Å². The molecule has 1 aromatic carbocycles. The number of nitrogen functional groups attached to an aromatic ring is 1. The van der Waals surface area contributed by atoms with Crippen molar-refractivity contribution in [2.75, 3.05) is 12.8 Å². The lowest BCUT2D eigenvalue weighted by molar-refractivity contribution is 0.412. The van der Waals surface area contributed by atoms with Crippen LogP contribution in [0.1, 0.15) is 5.56 Å². The lowest BCUT2D eigenvalue weighted by Gasteiger charge is -2.06. The fourth-order valence-electron chi connectivity index (χ4n) is 1.50. The van der Waals surface area contributed by atoms with Crippen LogP contribution in [-0.4, -0.2) is 12.1 Å². The fourth-order valence-corrected chi connectivity index (χ4v) is 2.05. The monoisotopic (exact) mass is 220 g/mol. The van der Waals surface area contributed by atoms with Crippen LogP contribution in [0, 0.1) is 6.92 Å². The van der Waals surface area contributed by atoms with Crippen molar-refractivity contribution in [3.8, 4) is 17.0 Å². The van der Waals surface area contributed by atoms with Crippen molar-refractivity contribution in [3.63, 3.8) is 0 Å². The van der Waals surface area contributed by atoms with Crippen molar-refractivity contribution in [2.24, 2.45) is 0 Å². The van der Waals surface area contributed by atoms with Gasteiger partial charge >= 0.3 is 0 Å². The molecule has 0 unspecified atom stereocenters. The third-order valence-electron chi connectivity index (χ3n) is 2.26. The molecule has 0 amide bonds. The van der Waals surface area contributed by atoms with Gasteiger partial charge in [-0.15, -0.1) is 11.3 Å². The molecule has 1 aromatic heterocycles. The molecular weight excluding hydrogens is 208 g/mol. The smallest absolute Gasteiger partial charge is 0.121 e. The molecule has 0 spiro atoms. The maximum Gasteiger partial charge on any atom is 0.121 e. The summed E-state index contributed by atoms with van der Waals surface area (Å²) >= 11 is 1.45. The second kappa shape index (κ2) is 3.90. The molecule has 1 heterocycles. The first-order chi connectivity index (χ1) is 7.22. The molecule has 2 rings (SSSR count). The van der Waals surface area contributed by atoms with Crippen LogP contribution in [0.4, 0.5) is 5.00 Å². The van der Waals surface area contributed by atoms with Gasteiger partial charge in [0.2, 0.25) is 0 Å². The van der Waals surface area contributed by atoms with Crippen molar-refractivity contribution >= 4 is 16.3 Å². The molecule has 0 fully saturated rings. The third-order valence-corrected chi connectivity index (χ3v) is 2.92. The van der Waals surface area contributed by atoms with Crippen LogP contribution in [0.3, 0.4) is 0 Å². The summed E-state index contributed by atoms with van der Waals surface area (Å²) in [5.74, 6) is 0.882. The van der Waals surface area contributed by atoms with Crippen LogP contribution in [-0.2, 0) is 0 Å². The number of ether oxygens (including phenoxy) is 1. The van der Waals surface area contributed by atoms with Crippen LogP contribution in [0.15, 0.2) is 23.7 Å². The number of rotatable bonds is 2. The number of aromatic nitrogens is 1. The van der Waals surface area contributed by atoms with Gasteiger partial charge in [-0.2, -0.15) is 0 Å². The van der Waals surface area contributed by atoms with Gasteiger partial charge in [0, 0.05) is 5.56 Å². The molecule has 15 heavy (non-hydrogen) atoms. The highest BCUT2D eigenvalue weighted by molar-refractivity contribution is 7.14. The third kappa shape index (κ3) is 1.80. The zero-order valence-corrected chi connectivity index (χ0v) is 9.47. The lowest BCUT2D eigenvalue weighted by atomic mass is 10.1. The average Bonchev–Trinajstić information content (AvgIpc) is 2.64. The standard InChI is InChI=1S/C11H12N2OS/c1-7-5-8(3-4-9(7)14-2)10-11(12)15-6-13-10/h3-6H,12H2,1-2H3. The Bertz CT molecular complexity index is 479. The first kappa shape index (κ1) is 9.98. The van der Waals surface area contributed by atoms with E-state index in [0.717, 1.165) is 27.6 Å². The van der Waals surface area contributed by atoms with Crippen molar-refractivity contribution in [3.05, 3.63) is 29.3 Å². The number of benzene rings is 1. The Kier molecular flexibility index (Phi) is 2.60. The van der Waals surface area contributed by atoms with E-state index in [1.54, 1.807) is 12.6 Å². The van der Waals surface area contributed by atoms with Crippen molar-refractivity contribution < 1.29 is 4.74 Å². The van der Waals surface area contributed by atoms with Gasteiger partial charge < -0.3 is 10.5 Å². The second-order valence-corrected chi connectivity index (χ2v) is 4.14. The van der Waals surface area contributed by atoms with E-state index in [2.05, 4.69) is 4.98 Å². The second-order valence-electron chi connectivity index (χ2n) is 3.25. The molecule has 0 radical (unpaired) electrons. The molecule has 0 aliphatic rings. The Morgan fingerprint density at radius 3 is 2.73 bits per heavy atom. The first-order valence-corrected chi connectivity index (χ1v) is 5.44. The maximum atomic E-state index is 5.82. The topological polar surface area (TPSA) is 48.1 Å². The van der Waals surface area contributed by atoms with Crippen LogP contribution < -0.4 is 10.5 Å². The summed E-state index contributed by atoms with van der Waals surface area (Å²) in [6.45, 7) is 2.00. The molecule has 0 atom stereocenters. The van der Waals surface area contributed by atoms with Gasteiger partial charge in [0.25, 0.3) is 0 Å². The van der Waals surface area contributed by atoms with E-state index < -0.39 is 0 Å². The van der Waals surface area contributed by atoms with Gasteiger partial charge in [-0.25, -0.2) is 4.98 Å². The van der Waals surface area contributed by atoms with E-state index in [4.69, 9.17) is 10.5 Å². The molecule has 3 nitrogen and oxygen atoms in total. The van der Waals surface area contributed by atoms with Gasteiger partial charge in [0.15, 0.2) is 0 Å². The molecule has 0 bridgehead atoms. The Balaban J connectivity index is 2.47. The van der Waals surface area contributed by atoms with E-state index in [9.17, 15) is 0 Å². The number of anilines is 1. The zero-order valence-electron chi connectivity index (χ0n) is 8.65. The quantitative estimate of drug-likeness (QED) is 0.846. The van der Waals surface area contributed by atoms with Crippen LogP contribution >= 0.6 is 11.3 Å². The van der Waals surface area contributed by atoms with Crippen LogP contribution in [0.25, 0.3) is 11.3 Å². The molecule has 0 aliphatic carbocycles.